The molecule has 0 saturated carbocycles. The molecule has 8 nitrogen and oxygen atoms in total. The smallest absolute Gasteiger partial charge is 0.269 e. The molecule has 8 heteroatoms. The highest BCUT2D eigenvalue weighted by atomic mass is 16.6. The average molecular weight is 412 g/mol. The summed E-state index contributed by atoms with van der Waals surface area (Å²) in [5.41, 5.74) is 1.58. The van der Waals surface area contributed by atoms with Gasteiger partial charge in [0, 0.05) is 48.6 Å². The largest absolute Gasteiger partial charge is 0.356 e. The number of carbonyl (C=O) groups excluding carboxylic acids is 1. The van der Waals surface area contributed by atoms with E-state index < -0.39 is 4.92 Å². The summed E-state index contributed by atoms with van der Waals surface area (Å²) < 4.78 is 0. The number of hydrogen-bond donors (Lipinski definition) is 1. The fraction of sp³-hybridized carbons (Fsp3) is 0.500. The highest BCUT2D eigenvalue weighted by Gasteiger charge is 2.31. The number of hydrogen-bond acceptors (Lipinski definition) is 6. The lowest BCUT2D eigenvalue weighted by Gasteiger charge is -2.38. The van der Waals surface area contributed by atoms with E-state index in [4.69, 9.17) is 4.98 Å². The maximum Gasteiger partial charge on any atom is 0.269 e. The molecule has 160 valence electrons. The van der Waals surface area contributed by atoms with Crippen molar-refractivity contribution in [2.75, 3.05) is 18.0 Å². The van der Waals surface area contributed by atoms with E-state index in [1.54, 1.807) is 12.1 Å². The zero-order chi connectivity index (χ0) is 21.7. The van der Waals surface area contributed by atoms with Gasteiger partial charge in [-0.05, 0) is 45.2 Å². The van der Waals surface area contributed by atoms with Crippen molar-refractivity contribution in [3.05, 3.63) is 46.1 Å². The summed E-state index contributed by atoms with van der Waals surface area (Å²) in [4.78, 5) is 34.5. The molecular formula is C22H29N5O3. The zero-order valence-corrected chi connectivity index (χ0v) is 17.8. The molecule has 1 saturated heterocycles. The summed E-state index contributed by atoms with van der Waals surface area (Å²) in [5, 5.41) is 14.0. The van der Waals surface area contributed by atoms with E-state index in [9.17, 15) is 14.9 Å². The fourth-order valence-corrected chi connectivity index (χ4v) is 3.73. The second-order valence-corrected chi connectivity index (χ2v) is 7.92. The second-order valence-electron chi connectivity index (χ2n) is 7.92. The minimum absolute atomic E-state index is 0.0354. The number of piperidine rings is 1. The maximum absolute atomic E-state index is 12.6. The number of benzene rings is 1. The summed E-state index contributed by atoms with van der Waals surface area (Å²) in [6.07, 6.45) is 3.83. The van der Waals surface area contributed by atoms with Gasteiger partial charge in [-0.2, -0.15) is 0 Å². The molecule has 2 atom stereocenters. The summed E-state index contributed by atoms with van der Waals surface area (Å²) in [5.74, 6) is 1.37. The van der Waals surface area contributed by atoms with Gasteiger partial charge in [-0.1, -0.05) is 13.3 Å². The number of carbonyl (C=O) groups is 1. The Morgan fingerprint density at radius 2 is 2.00 bits per heavy atom. The van der Waals surface area contributed by atoms with E-state index in [1.807, 2.05) is 13.0 Å². The molecule has 2 unspecified atom stereocenters. The molecule has 0 aliphatic carbocycles. The monoisotopic (exact) mass is 411 g/mol. The number of anilines is 1. The van der Waals surface area contributed by atoms with Crippen LogP contribution >= 0.6 is 0 Å². The van der Waals surface area contributed by atoms with Gasteiger partial charge in [-0.3, -0.25) is 14.9 Å². The van der Waals surface area contributed by atoms with Crippen molar-refractivity contribution in [1.82, 2.24) is 15.3 Å². The first-order valence-corrected chi connectivity index (χ1v) is 10.5. The van der Waals surface area contributed by atoms with Crippen LogP contribution in [0.5, 0.6) is 0 Å². The molecular weight excluding hydrogens is 382 g/mol. The number of aryl methyl sites for hydroxylation is 1. The van der Waals surface area contributed by atoms with Crippen LogP contribution in [0.1, 0.15) is 45.2 Å². The Balaban J connectivity index is 1.81. The van der Waals surface area contributed by atoms with E-state index in [1.165, 1.54) is 12.1 Å². The van der Waals surface area contributed by atoms with Crippen molar-refractivity contribution in [2.45, 2.75) is 52.5 Å². The van der Waals surface area contributed by atoms with E-state index in [-0.39, 0.29) is 23.6 Å². The third-order valence-electron chi connectivity index (χ3n) is 5.55. The molecule has 2 heterocycles. The quantitative estimate of drug-likeness (QED) is 0.421. The van der Waals surface area contributed by atoms with Gasteiger partial charge in [0.25, 0.3) is 5.69 Å². The first-order chi connectivity index (χ1) is 14.4. The van der Waals surface area contributed by atoms with Crippen LogP contribution < -0.4 is 10.2 Å². The third kappa shape index (κ3) is 5.11. The molecule has 1 N–H and O–H groups in total. The molecule has 1 aromatic heterocycles. The molecule has 3 rings (SSSR count). The lowest BCUT2D eigenvalue weighted by Crippen LogP contribution is -2.47. The highest BCUT2D eigenvalue weighted by molar-refractivity contribution is 5.79. The Morgan fingerprint density at radius 1 is 1.27 bits per heavy atom. The van der Waals surface area contributed by atoms with Crippen molar-refractivity contribution < 1.29 is 9.72 Å². The van der Waals surface area contributed by atoms with Crippen molar-refractivity contribution in [1.29, 1.82) is 0 Å². The van der Waals surface area contributed by atoms with Gasteiger partial charge in [0.2, 0.25) is 5.91 Å². The van der Waals surface area contributed by atoms with Crippen LogP contribution in [0.4, 0.5) is 11.5 Å². The van der Waals surface area contributed by atoms with Gasteiger partial charge in [0.15, 0.2) is 5.82 Å². The molecule has 0 spiro atoms. The highest BCUT2D eigenvalue weighted by Crippen LogP contribution is 2.29. The van der Waals surface area contributed by atoms with E-state index in [0.29, 0.717) is 12.4 Å². The Bertz CT molecular complexity index is 900. The standard InChI is InChI=1S/C22H29N5O3/c1-4-5-12-23-22(28)18-7-6-16(3)26(14-18)20-13-15(2)24-21(25-20)17-8-10-19(11-9-17)27(29)30/h8-11,13,16,18H,4-7,12,14H2,1-3H3,(H,23,28). The summed E-state index contributed by atoms with van der Waals surface area (Å²) in [7, 11) is 0. The first-order valence-electron chi connectivity index (χ1n) is 10.5. The van der Waals surface area contributed by atoms with Crippen molar-refractivity contribution in [3.8, 4) is 11.4 Å². The van der Waals surface area contributed by atoms with Gasteiger partial charge in [0.05, 0.1) is 10.8 Å². The van der Waals surface area contributed by atoms with Crippen LogP contribution in [0.3, 0.4) is 0 Å². The Hall–Kier alpha value is -3.03. The maximum atomic E-state index is 12.6. The van der Waals surface area contributed by atoms with Crippen LogP contribution in [0.25, 0.3) is 11.4 Å². The molecule has 1 aliphatic heterocycles. The Kier molecular flexibility index (Phi) is 6.97. The number of non-ortho nitro benzene ring substituents is 1. The van der Waals surface area contributed by atoms with Gasteiger partial charge in [-0.15, -0.1) is 0 Å². The van der Waals surface area contributed by atoms with E-state index in [0.717, 1.165) is 49.3 Å². The summed E-state index contributed by atoms with van der Waals surface area (Å²) >= 11 is 0. The van der Waals surface area contributed by atoms with Crippen LogP contribution in [-0.2, 0) is 4.79 Å². The molecule has 1 aliphatic rings. The molecule has 0 bridgehead atoms. The number of nitrogens with zero attached hydrogens (tertiary/aromatic N) is 4. The van der Waals surface area contributed by atoms with Gasteiger partial charge < -0.3 is 10.2 Å². The third-order valence-corrected chi connectivity index (χ3v) is 5.55. The van der Waals surface area contributed by atoms with Crippen LogP contribution in [-0.4, -0.2) is 39.9 Å². The lowest BCUT2D eigenvalue weighted by atomic mass is 9.92. The predicted octanol–water partition coefficient (Wildman–Crippen LogP) is 3.88. The molecule has 1 fully saturated rings. The number of rotatable bonds is 7. The molecule has 0 radical (unpaired) electrons. The zero-order valence-electron chi connectivity index (χ0n) is 17.8. The van der Waals surface area contributed by atoms with Gasteiger partial charge in [-0.25, -0.2) is 9.97 Å². The number of nitro groups is 1. The number of nitro benzene ring substituents is 1. The minimum atomic E-state index is -0.423. The first kappa shape index (κ1) is 21.7. The molecule has 2 aromatic rings. The molecule has 1 aromatic carbocycles. The van der Waals surface area contributed by atoms with Crippen LogP contribution in [0.2, 0.25) is 0 Å². The summed E-state index contributed by atoms with van der Waals surface area (Å²) in [6.45, 7) is 7.50. The summed E-state index contributed by atoms with van der Waals surface area (Å²) in [6, 6.07) is 8.45. The topological polar surface area (TPSA) is 101 Å². The van der Waals surface area contributed by atoms with Crippen LogP contribution in [0, 0.1) is 23.0 Å². The van der Waals surface area contributed by atoms with Gasteiger partial charge in [0.1, 0.15) is 5.82 Å². The second kappa shape index (κ2) is 9.65. The van der Waals surface area contributed by atoms with E-state index >= 15 is 0 Å². The van der Waals surface area contributed by atoms with Crippen LogP contribution in [0.15, 0.2) is 30.3 Å². The Morgan fingerprint density at radius 3 is 2.67 bits per heavy atom. The normalized spacial score (nSPS) is 18.8. The number of unbranched alkanes of at least 4 members (excludes halogenated alkanes) is 1. The fourth-order valence-electron chi connectivity index (χ4n) is 3.73. The van der Waals surface area contributed by atoms with Gasteiger partial charge >= 0.3 is 0 Å². The molecule has 30 heavy (non-hydrogen) atoms. The SMILES string of the molecule is CCCCNC(=O)C1CCC(C)N(c2cc(C)nc(-c3ccc([N+](=O)[O-])cc3)n2)C1. The minimum Gasteiger partial charge on any atom is -0.356 e. The van der Waals surface area contributed by atoms with Crippen molar-refractivity contribution in [2.24, 2.45) is 5.92 Å². The Labute approximate surface area is 176 Å². The van der Waals surface area contributed by atoms with Crippen molar-refractivity contribution in [3.63, 3.8) is 0 Å². The van der Waals surface area contributed by atoms with E-state index in [2.05, 4.69) is 29.0 Å². The number of amides is 1. The average Bonchev–Trinajstić information content (AvgIpc) is 2.73. The lowest BCUT2D eigenvalue weighted by molar-refractivity contribution is -0.384. The predicted molar refractivity (Wildman–Crippen MR) is 116 cm³/mol. The number of nitrogens with one attached hydrogen (secondary N) is 1. The molecule has 1 amide bonds. The number of aromatic nitrogens is 2. The van der Waals surface area contributed by atoms with Crippen molar-refractivity contribution >= 4 is 17.4 Å².